The van der Waals surface area contributed by atoms with Crippen molar-refractivity contribution >= 4 is 21.5 Å². The van der Waals surface area contributed by atoms with Crippen molar-refractivity contribution in [2.75, 3.05) is 0 Å². The molecule has 0 aliphatic heterocycles. The monoisotopic (exact) mass is 460 g/mol. The summed E-state index contributed by atoms with van der Waals surface area (Å²) in [5, 5.41) is 5.43. The van der Waals surface area contributed by atoms with Crippen LogP contribution in [0.25, 0.3) is 21.5 Å². The van der Waals surface area contributed by atoms with Gasteiger partial charge in [0.05, 0.1) is 0 Å². The van der Waals surface area contributed by atoms with Crippen molar-refractivity contribution in [1.29, 1.82) is 0 Å². The van der Waals surface area contributed by atoms with Crippen molar-refractivity contribution in [2.45, 2.75) is 95.9 Å². The average Bonchev–Trinajstić information content (AvgIpc) is 2.88. The smallest absolute Gasteiger partial charge is 0.0152 e. The van der Waals surface area contributed by atoms with Crippen LogP contribution in [0.4, 0.5) is 0 Å². The maximum absolute atomic E-state index is 2.30. The van der Waals surface area contributed by atoms with Gasteiger partial charge in [0.1, 0.15) is 0 Å². The van der Waals surface area contributed by atoms with Crippen molar-refractivity contribution in [3.63, 3.8) is 0 Å². The summed E-state index contributed by atoms with van der Waals surface area (Å²) in [4.78, 5) is 0. The van der Waals surface area contributed by atoms with Crippen LogP contribution in [0.2, 0.25) is 0 Å². The van der Waals surface area contributed by atoms with E-state index in [2.05, 4.69) is 107 Å². The van der Waals surface area contributed by atoms with E-state index in [4.69, 9.17) is 0 Å². The topological polar surface area (TPSA) is 0 Å². The molecule has 0 saturated heterocycles. The van der Waals surface area contributed by atoms with Gasteiger partial charge in [-0.15, -0.1) is 0 Å². The second-order valence-electron chi connectivity index (χ2n) is 7.64. The highest BCUT2D eigenvalue weighted by atomic mass is 14.1. The van der Waals surface area contributed by atoms with Crippen LogP contribution < -0.4 is 0 Å². The van der Waals surface area contributed by atoms with Gasteiger partial charge in [-0.25, -0.2) is 0 Å². The van der Waals surface area contributed by atoms with Gasteiger partial charge in [-0.1, -0.05) is 143 Å². The first-order valence-corrected chi connectivity index (χ1v) is 13.0. The Hall–Kier alpha value is -2.60. The molecule has 4 rings (SSSR count). The SMILES string of the molecule is C.CC.CC.CC.CCc1cc2ccccc2cc1C.Cc1c(C(C)C)ccc2ccccc12. The standard InChI is InChI=1S/C14H16.C13H14.3C2H6.CH4/c1-10(2)13-9-8-12-6-4-5-7-14(12)11(13)3;1-3-11-9-13-7-5-4-6-12(13)8-10(11)2;3*1-2;/h4-10H,1-3H3;4-9H,3H2,1-2H3;3*1-2H3;1H4. The van der Waals surface area contributed by atoms with Crippen molar-refractivity contribution in [2.24, 2.45) is 0 Å². The van der Waals surface area contributed by atoms with Crippen LogP contribution in [0.15, 0.2) is 72.8 Å². The molecular formula is C34H52. The van der Waals surface area contributed by atoms with Crippen molar-refractivity contribution in [3.05, 3.63) is 95.1 Å². The molecule has 0 aliphatic carbocycles. The molecule has 0 radical (unpaired) electrons. The Morgan fingerprint density at radius 2 is 1.09 bits per heavy atom. The summed E-state index contributed by atoms with van der Waals surface area (Å²) >= 11 is 0. The second kappa shape index (κ2) is 18.8. The highest BCUT2D eigenvalue weighted by Crippen LogP contribution is 2.26. The first-order chi connectivity index (χ1) is 16.0. The maximum atomic E-state index is 2.30. The molecule has 34 heavy (non-hydrogen) atoms. The number of fused-ring (bicyclic) bond motifs is 2. The van der Waals surface area contributed by atoms with E-state index in [1.165, 1.54) is 43.8 Å². The van der Waals surface area contributed by atoms with E-state index in [-0.39, 0.29) is 7.43 Å². The van der Waals surface area contributed by atoms with E-state index in [1.54, 1.807) is 0 Å². The van der Waals surface area contributed by atoms with Crippen LogP contribution in [-0.4, -0.2) is 0 Å². The zero-order chi connectivity index (χ0) is 25.4. The molecule has 0 N–H and O–H groups in total. The Morgan fingerprint density at radius 1 is 0.618 bits per heavy atom. The molecule has 4 aromatic carbocycles. The van der Waals surface area contributed by atoms with Crippen LogP contribution in [0.5, 0.6) is 0 Å². The highest BCUT2D eigenvalue weighted by Gasteiger charge is 2.05. The Bertz CT molecular complexity index is 1050. The van der Waals surface area contributed by atoms with Crippen LogP contribution in [0.1, 0.15) is 97.9 Å². The predicted molar refractivity (Wildman–Crippen MR) is 162 cm³/mol. The fourth-order valence-corrected chi connectivity index (χ4v) is 3.85. The number of aryl methyl sites for hydroxylation is 3. The van der Waals surface area contributed by atoms with Gasteiger partial charge < -0.3 is 0 Å². The quantitative estimate of drug-likeness (QED) is 0.279. The minimum atomic E-state index is 0. The van der Waals surface area contributed by atoms with Gasteiger partial charge in [0.2, 0.25) is 0 Å². The van der Waals surface area contributed by atoms with Gasteiger partial charge in [-0.3, -0.25) is 0 Å². The lowest BCUT2D eigenvalue weighted by Gasteiger charge is -2.12. The molecule has 0 aliphatic rings. The molecule has 0 nitrogen and oxygen atoms in total. The first-order valence-electron chi connectivity index (χ1n) is 13.0. The summed E-state index contributed by atoms with van der Waals surface area (Å²) in [5.41, 5.74) is 5.75. The minimum absolute atomic E-state index is 0. The summed E-state index contributed by atoms with van der Waals surface area (Å²) in [6.07, 6.45) is 1.12. The summed E-state index contributed by atoms with van der Waals surface area (Å²) in [7, 11) is 0. The summed E-state index contributed by atoms with van der Waals surface area (Å²) in [6.45, 7) is 23.1. The fourth-order valence-electron chi connectivity index (χ4n) is 3.85. The first kappa shape index (κ1) is 33.6. The van der Waals surface area contributed by atoms with E-state index in [1.807, 2.05) is 41.5 Å². The van der Waals surface area contributed by atoms with Gasteiger partial charge in [-0.05, 0) is 70.0 Å². The Labute approximate surface area is 212 Å². The molecule has 0 amide bonds. The van der Waals surface area contributed by atoms with Crippen molar-refractivity contribution in [3.8, 4) is 0 Å². The molecule has 0 atom stereocenters. The van der Waals surface area contributed by atoms with E-state index < -0.39 is 0 Å². The third-order valence-electron chi connectivity index (χ3n) is 5.45. The maximum Gasteiger partial charge on any atom is -0.0152 e. The average molecular weight is 461 g/mol. The molecule has 0 heteroatoms. The third kappa shape index (κ3) is 9.34. The van der Waals surface area contributed by atoms with Crippen LogP contribution in [0, 0.1) is 13.8 Å². The van der Waals surface area contributed by atoms with Crippen molar-refractivity contribution in [1.82, 2.24) is 0 Å². The number of hydrogen-bond donors (Lipinski definition) is 0. The Kier molecular flexibility index (Phi) is 18.5. The molecule has 0 bridgehead atoms. The lowest BCUT2D eigenvalue weighted by molar-refractivity contribution is 0.859. The van der Waals surface area contributed by atoms with E-state index in [0.717, 1.165) is 6.42 Å². The van der Waals surface area contributed by atoms with E-state index >= 15 is 0 Å². The fraction of sp³-hybridized carbons (Fsp3) is 0.412. The lowest BCUT2D eigenvalue weighted by Crippen LogP contribution is -1.92. The zero-order valence-electron chi connectivity index (χ0n) is 23.2. The molecule has 0 unspecified atom stereocenters. The molecule has 0 spiro atoms. The van der Waals surface area contributed by atoms with Crippen LogP contribution >= 0.6 is 0 Å². The Balaban J connectivity index is 0. The summed E-state index contributed by atoms with van der Waals surface area (Å²) in [5.74, 6) is 0.611. The van der Waals surface area contributed by atoms with Gasteiger partial charge in [0.25, 0.3) is 0 Å². The van der Waals surface area contributed by atoms with Gasteiger partial charge in [0, 0.05) is 0 Å². The molecule has 0 saturated carbocycles. The molecule has 0 fully saturated rings. The minimum Gasteiger partial charge on any atom is -0.0776 e. The Morgan fingerprint density at radius 3 is 1.59 bits per heavy atom. The largest absolute Gasteiger partial charge is 0.0776 e. The number of benzene rings is 4. The normalized spacial score (nSPS) is 9.18. The molecule has 0 heterocycles. The number of hydrogen-bond acceptors (Lipinski definition) is 0. The van der Waals surface area contributed by atoms with E-state index in [0.29, 0.717) is 5.92 Å². The summed E-state index contributed by atoms with van der Waals surface area (Å²) < 4.78 is 0. The van der Waals surface area contributed by atoms with Crippen LogP contribution in [-0.2, 0) is 6.42 Å². The predicted octanol–water partition coefficient (Wildman–Crippen LogP) is 11.7. The summed E-state index contributed by atoms with van der Waals surface area (Å²) in [6, 6.07) is 26.2. The van der Waals surface area contributed by atoms with Crippen molar-refractivity contribution < 1.29 is 0 Å². The third-order valence-corrected chi connectivity index (χ3v) is 5.45. The van der Waals surface area contributed by atoms with Gasteiger partial charge in [-0.2, -0.15) is 0 Å². The molecule has 4 aromatic rings. The number of rotatable bonds is 2. The zero-order valence-corrected chi connectivity index (χ0v) is 23.2. The second-order valence-corrected chi connectivity index (χ2v) is 7.64. The molecular weight excluding hydrogens is 408 g/mol. The van der Waals surface area contributed by atoms with Gasteiger partial charge in [0.15, 0.2) is 0 Å². The molecule has 188 valence electrons. The van der Waals surface area contributed by atoms with Gasteiger partial charge >= 0.3 is 0 Å². The van der Waals surface area contributed by atoms with Crippen LogP contribution in [0.3, 0.4) is 0 Å². The highest BCUT2D eigenvalue weighted by molar-refractivity contribution is 5.86. The lowest BCUT2D eigenvalue weighted by atomic mass is 9.93. The van der Waals surface area contributed by atoms with E-state index in [9.17, 15) is 0 Å². The molecule has 0 aromatic heterocycles.